The number of hydrogen-bond acceptors (Lipinski definition) is 2. The largest absolute Gasteiger partial charge is 0.618 e. The van der Waals surface area contributed by atoms with Crippen molar-refractivity contribution in [3.05, 3.63) is 63.3 Å². The summed E-state index contributed by atoms with van der Waals surface area (Å²) in [4.78, 5) is 3.59. The molecule has 0 aliphatic heterocycles. The smallest absolute Gasteiger partial charge is 0.286 e. The molecule has 0 fully saturated rings. The Hall–Kier alpha value is -1.60. The molecule has 0 unspecified atom stereocenters. The van der Waals surface area contributed by atoms with E-state index in [1.54, 1.807) is 0 Å². The Kier molecular flexibility index (Phi) is 6.18. The van der Waals surface area contributed by atoms with Crippen LogP contribution in [0.3, 0.4) is 0 Å². The fourth-order valence-corrected chi connectivity index (χ4v) is 1.76. The van der Waals surface area contributed by atoms with Crippen LogP contribution in [0.2, 0.25) is 10.3 Å². The highest BCUT2D eigenvalue weighted by Crippen LogP contribution is 2.28. The molecule has 23 heavy (non-hydrogen) atoms. The van der Waals surface area contributed by atoms with Gasteiger partial charge < -0.3 is 5.21 Å². The quantitative estimate of drug-likeness (QED) is 0.325. The molecule has 3 nitrogen and oxygen atoms in total. The summed E-state index contributed by atoms with van der Waals surface area (Å²) in [6.07, 6.45) is 2.21. The van der Waals surface area contributed by atoms with Gasteiger partial charge >= 0.3 is 0 Å². The van der Waals surface area contributed by atoms with Gasteiger partial charge in [-0.3, -0.25) is 0 Å². The Morgan fingerprint density at radius 2 is 1.52 bits per heavy atom. The number of hydrogen-bond donors (Lipinski definition) is 0. The first-order valence-electron chi connectivity index (χ1n) is 6.18. The molecule has 0 aliphatic rings. The van der Waals surface area contributed by atoms with E-state index in [0.29, 0.717) is 4.73 Å². The molecule has 0 aliphatic carbocycles. The first-order valence-corrected chi connectivity index (χ1v) is 6.93. The monoisotopic (exact) mass is 370 g/mol. The van der Waals surface area contributed by atoms with E-state index in [0.717, 1.165) is 38.2 Å². The van der Waals surface area contributed by atoms with E-state index in [9.17, 15) is 22.8 Å². The van der Waals surface area contributed by atoms with Gasteiger partial charge in [0.25, 0.3) is 17.0 Å². The summed E-state index contributed by atoms with van der Waals surface area (Å²) in [5.74, 6) is -5.80. The van der Waals surface area contributed by atoms with Crippen LogP contribution in [0.1, 0.15) is 25.0 Å². The number of aromatic nitrogens is 2. The van der Waals surface area contributed by atoms with Crippen LogP contribution in [-0.2, 0) is 11.8 Å². The van der Waals surface area contributed by atoms with Gasteiger partial charge in [0.15, 0.2) is 6.20 Å². The van der Waals surface area contributed by atoms with Crippen molar-refractivity contribution in [1.29, 1.82) is 0 Å². The second-order valence-electron chi connectivity index (χ2n) is 4.71. The molecule has 0 amide bonds. The first kappa shape index (κ1) is 19.4. The van der Waals surface area contributed by atoms with Crippen molar-refractivity contribution >= 4 is 23.2 Å². The molecule has 2 aromatic heterocycles. The molecule has 0 radical (unpaired) electrons. The fraction of sp³-hybridized carbons (Fsp3) is 0.286. The fourth-order valence-electron chi connectivity index (χ4n) is 1.41. The first-order chi connectivity index (χ1) is 10.4. The maximum Gasteiger partial charge on any atom is 0.286 e. The van der Waals surface area contributed by atoms with Crippen LogP contribution >= 0.6 is 23.2 Å². The van der Waals surface area contributed by atoms with Crippen LogP contribution in [0.15, 0.2) is 36.7 Å². The molecule has 2 aromatic rings. The van der Waals surface area contributed by atoms with Gasteiger partial charge in [-0.2, -0.15) is 4.73 Å². The van der Waals surface area contributed by atoms with Crippen LogP contribution in [0.4, 0.5) is 17.6 Å². The van der Waals surface area contributed by atoms with Crippen LogP contribution in [0.5, 0.6) is 0 Å². The van der Waals surface area contributed by atoms with Crippen molar-refractivity contribution in [2.75, 3.05) is 0 Å². The molecule has 0 aromatic carbocycles. The lowest BCUT2D eigenvalue weighted by atomic mass is 10.2. The summed E-state index contributed by atoms with van der Waals surface area (Å²) in [6, 6.07) is 4.39. The molecular formula is C14H12Cl2F4N2O. The Bertz CT molecular complexity index is 673. The lowest BCUT2D eigenvalue weighted by molar-refractivity contribution is -0.603. The summed E-state index contributed by atoms with van der Waals surface area (Å²) >= 11 is 10.7. The van der Waals surface area contributed by atoms with Crippen molar-refractivity contribution in [2.24, 2.45) is 0 Å². The molecule has 126 valence electrons. The van der Waals surface area contributed by atoms with E-state index in [4.69, 9.17) is 23.2 Å². The van der Waals surface area contributed by atoms with Gasteiger partial charge in [-0.15, -0.1) is 0 Å². The molecule has 0 spiro atoms. The van der Waals surface area contributed by atoms with Gasteiger partial charge in [0.2, 0.25) is 0 Å². The minimum absolute atomic E-state index is 0.0871. The third-order valence-electron chi connectivity index (χ3n) is 2.61. The zero-order valence-electron chi connectivity index (χ0n) is 12.0. The summed E-state index contributed by atoms with van der Waals surface area (Å²) < 4.78 is 50.6. The van der Waals surface area contributed by atoms with Crippen molar-refractivity contribution < 1.29 is 22.3 Å². The van der Waals surface area contributed by atoms with E-state index in [1.165, 1.54) is 12.3 Å². The molecule has 0 saturated carbocycles. The average Bonchev–Trinajstić information content (AvgIpc) is 2.40. The van der Waals surface area contributed by atoms with Crippen LogP contribution in [0, 0.1) is 5.21 Å². The standard InChI is InChI=1S/C7H6ClF2NO.C7H6ClF2N/c1-7(9,10)5-2-3-11(12)6(8)4-5;1-7(9,10)5-2-3-11-6(8)4-5/h2-4H,1H3;2-4H,1H3. The van der Waals surface area contributed by atoms with Crippen molar-refractivity contribution in [2.45, 2.75) is 25.7 Å². The number of nitrogens with zero attached hydrogens (tertiary/aromatic N) is 2. The zero-order chi connectivity index (χ0) is 17.8. The van der Waals surface area contributed by atoms with E-state index < -0.39 is 11.8 Å². The highest BCUT2D eigenvalue weighted by atomic mass is 35.5. The highest BCUT2D eigenvalue weighted by molar-refractivity contribution is 6.29. The second kappa shape index (κ2) is 7.31. The Balaban J connectivity index is 0.000000231. The summed E-state index contributed by atoms with van der Waals surface area (Å²) in [5, 5.41) is 10.5. The predicted octanol–water partition coefficient (Wildman–Crippen LogP) is 4.93. The molecule has 0 atom stereocenters. The summed E-state index contributed by atoms with van der Waals surface area (Å²) in [7, 11) is 0. The summed E-state index contributed by atoms with van der Waals surface area (Å²) in [5.41, 5.74) is -0.378. The molecular weight excluding hydrogens is 359 g/mol. The maximum atomic E-state index is 12.6. The Morgan fingerprint density at radius 1 is 1.00 bits per heavy atom. The summed E-state index contributed by atoms with van der Waals surface area (Å²) in [6.45, 7) is 1.56. The van der Waals surface area contributed by atoms with Gasteiger partial charge in [0, 0.05) is 43.3 Å². The van der Waals surface area contributed by atoms with Crippen LogP contribution in [-0.4, -0.2) is 4.98 Å². The minimum Gasteiger partial charge on any atom is -0.618 e. The van der Waals surface area contributed by atoms with Gasteiger partial charge in [-0.1, -0.05) is 11.6 Å². The Labute approximate surface area is 140 Å². The van der Waals surface area contributed by atoms with Crippen molar-refractivity contribution in [1.82, 2.24) is 4.98 Å². The van der Waals surface area contributed by atoms with E-state index in [-0.39, 0.29) is 21.4 Å². The van der Waals surface area contributed by atoms with E-state index in [2.05, 4.69) is 4.98 Å². The number of halogens is 6. The molecule has 2 rings (SSSR count). The lowest BCUT2D eigenvalue weighted by Crippen LogP contribution is -2.27. The van der Waals surface area contributed by atoms with Gasteiger partial charge in [0.1, 0.15) is 5.15 Å². The molecule has 0 saturated heterocycles. The van der Waals surface area contributed by atoms with Crippen LogP contribution < -0.4 is 4.73 Å². The Morgan fingerprint density at radius 3 is 1.91 bits per heavy atom. The third-order valence-corrected chi connectivity index (χ3v) is 3.10. The van der Waals surface area contributed by atoms with Gasteiger partial charge in [0.05, 0.1) is 0 Å². The second-order valence-corrected chi connectivity index (χ2v) is 5.48. The van der Waals surface area contributed by atoms with E-state index >= 15 is 0 Å². The van der Waals surface area contributed by atoms with Gasteiger partial charge in [-0.25, -0.2) is 22.5 Å². The predicted molar refractivity (Wildman–Crippen MR) is 78.8 cm³/mol. The average molecular weight is 371 g/mol. The normalized spacial score (nSPS) is 11.7. The maximum absolute atomic E-state index is 12.6. The van der Waals surface area contributed by atoms with E-state index in [1.807, 2.05) is 0 Å². The van der Waals surface area contributed by atoms with Crippen molar-refractivity contribution in [3.8, 4) is 0 Å². The van der Waals surface area contributed by atoms with Crippen LogP contribution in [0.25, 0.3) is 0 Å². The molecule has 0 N–H and O–H groups in total. The van der Waals surface area contributed by atoms with Gasteiger partial charge in [-0.05, 0) is 23.7 Å². The third kappa shape index (κ3) is 6.19. The zero-order valence-corrected chi connectivity index (χ0v) is 13.5. The number of rotatable bonds is 2. The number of pyridine rings is 2. The lowest BCUT2D eigenvalue weighted by Gasteiger charge is -2.09. The van der Waals surface area contributed by atoms with Crippen molar-refractivity contribution in [3.63, 3.8) is 0 Å². The molecule has 2 heterocycles. The SMILES string of the molecule is CC(F)(F)c1cc[n+]([O-])c(Cl)c1.CC(F)(F)c1ccnc(Cl)c1. The molecule has 0 bridgehead atoms. The topological polar surface area (TPSA) is 39.8 Å². The minimum atomic E-state index is -2.96. The molecule has 9 heteroatoms. The number of alkyl halides is 4. The highest BCUT2D eigenvalue weighted by Gasteiger charge is 2.26.